The lowest BCUT2D eigenvalue weighted by molar-refractivity contribution is -0.119. The zero-order chi connectivity index (χ0) is 16.7. The van der Waals surface area contributed by atoms with Gasteiger partial charge in [-0.15, -0.1) is 0 Å². The largest absolute Gasteiger partial charge is 0.493 e. The first-order valence-corrected chi connectivity index (χ1v) is 7.88. The van der Waals surface area contributed by atoms with Crippen LogP contribution in [0.2, 0.25) is 0 Å². The molecule has 5 nitrogen and oxygen atoms in total. The average molecular weight is 379 g/mol. The summed E-state index contributed by atoms with van der Waals surface area (Å²) in [6.07, 6.45) is 0. The lowest BCUT2D eigenvalue weighted by Gasteiger charge is -2.11. The highest BCUT2D eigenvalue weighted by molar-refractivity contribution is 9.10. The molecule has 2 N–H and O–H groups in total. The summed E-state index contributed by atoms with van der Waals surface area (Å²) in [5.41, 5.74) is 1.84. The van der Waals surface area contributed by atoms with Crippen molar-refractivity contribution in [1.29, 1.82) is 0 Å². The molecular formula is C17H19BrN2O3. The predicted molar refractivity (Wildman–Crippen MR) is 94.0 cm³/mol. The third kappa shape index (κ3) is 5.17. The normalized spacial score (nSPS) is 10.0. The molecule has 2 aromatic rings. The molecule has 0 spiro atoms. The molecule has 0 aliphatic rings. The van der Waals surface area contributed by atoms with Crippen LogP contribution in [-0.2, 0) is 11.3 Å². The minimum atomic E-state index is -0.0808. The minimum absolute atomic E-state index is 0.0808. The summed E-state index contributed by atoms with van der Waals surface area (Å²) >= 11 is 3.37. The Balaban J connectivity index is 1.83. The van der Waals surface area contributed by atoms with Crippen molar-refractivity contribution in [1.82, 2.24) is 5.32 Å². The topological polar surface area (TPSA) is 59.6 Å². The number of benzene rings is 2. The zero-order valence-electron chi connectivity index (χ0n) is 13.1. The molecule has 23 heavy (non-hydrogen) atoms. The van der Waals surface area contributed by atoms with E-state index in [2.05, 4.69) is 26.6 Å². The summed E-state index contributed by atoms with van der Waals surface area (Å²) in [6, 6.07) is 13.2. The van der Waals surface area contributed by atoms with Gasteiger partial charge in [-0.05, 0) is 42.0 Å². The van der Waals surface area contributed by atoms with Gasteiger partial charge < -0.3 is 20.1 Å². The molecule has 0 fully saturated rings. The van der Waals surface area contributed by atoms with Crippen LogP contribution in [0, 0.1) is 0 Å². The minimum Gasteiger partial charge on any atom is -0.493 e. The van der Waals surface area contributed by atoms with Gasteiger partial charge in [0.2, 0.25) is 5.91 Å². The van der Waals surface area contributed by atoms with Crippen molar-refractivity contribution in [3.05, 3.63) is 52.5 Å². The molecule has 122 valence electrons. The van der Waals surface area contributed by atoms with Crippen molar-refractivity contribution in [2.75, 3.05) is 26.1 Å². The second-order valence-corrected chi connectivity index (χ2v) is 5.74. The Morgan fingerprint density at radius 2 is 1.74 bits per heavy atom. The van der Waals surface area contributed by atoms with E-state index >= 15 is 0 Å². The molecule has 1 amide bonds. The Morgan fingerprint density at radius 3 is 2.39 bits per heavy atom. The van der Waals surface area contributed by atoms with Gasteiger partial charge in [0.15, 0.2) is 11.5 Å². The van der Waals surface area contributed by atoms with Crippen LogP contribution in [0.4, 0.5) is 5.69 Å². The van der Waals surface area contributed by atoms with Gasteiger partial charge >= 0.3 is 0 Å². The van der Waals surface area contributed by atoms with Crippen molar-refractivity contribution in [3.63, 3.8) is 0 Å². The average Bonchev–Trinajstić information content (AvgIpc) is 2.59. The number of hydrogen-bond acceptors (Lipinski definition) is 4. The van der Waals surface area contributed by atoms with E-state index in [1.54, 1.807) is 14.2 Å². The first-order chi connectivity index (χ1) is 11.1. The predicted octanol–water partition coefficient (Wildman–Crippen LogP) is 3.19. The summed E-state index contributed by atoms with van der Waals surface area (Å²) in [7, 11) is 3.18. The van der Waals surface area contributed by atoms with Gasteiger partial charge in [-0.2, -0.15) is 0 Å². The maximum atomic E-state index is 11.9. The molecule has 0 aromatic heterocycles. The lowest BCUT2D eigenvalue weighted by Crippen LogP contribution is -2.29. The fourth-order valence-corrected chi connectivity index (χ4v) is 2.27. The number of anilines is 1. The van der Waals surface area contributed by atoms with Crippen LogP contribution in [0.25, 0.3) is 0 Å². The molecule has 0 bridgehead atoms. The van der Waals surface area contributed by atoms with E-state index in [0.717, 1.165) is 15.7 Å². The van der Waals surface area contributed by atoms with Gasteiger partial charge in [0.25, 0.3) is 0 Å². The van der Waals surface area contributed by atoms with Crippen LogP contribution in [-0.4, -0.2) is 26.7 Å². The summed E-state index contributed by atoms with van der Waals surface area (Å²) < 4.78 is 11.4. The summed E-state index contributed by atoms with van der Waals surface area (Å²) in [5.74, 6) is 1.23. The number of hydrogen-bond donors (Lipinski definition) is 2. The van der Waals surface area contributed by atoms with Crippen LogP contribution >= 0.6 is 15.9 Å². The molecule has 0 saturated carbocycles. The van der Waals surface area contributed by atoms with E-state index in [-0.39, 0.29) is 12.5 Å². The van der Waals surface area contributed by atoms with Crippen LogP contribution in [0.3, 0.4) is 0 Å². The van der Waals surface area contributed by atoms with E-state index in [1.165, 1.54) is 0 Å². The molecule has 2 aromatic carbocycles. The third-order valence-electron chi connectivity index (χ3n) is 3.23. The smallest absolute Gasteiger partial charge is 0.239 e. The molecule has 2 rings (SSSR count). The van der Waals surface area contributed by atoms with Crippen LogP contribution in [0.5, 0.6) is 11.5 Å². The van der Waals surface area contributed by atoms with E-state index in [9.17, 15) is 4.79 Å². The van der Waals surface area contributed by atoms with Gasteiger partial charge in [-0.1, -0.05) is 22.0 Å². The lowest BCUT2D eigenvalue weighted by atomic mass is 10.2. The molecule has 6 heteroatoms. The summed E-state index contributed by atoms with van der Waals surface area (Å²) in [5, 5.41) is 5.93. The second-order valence-electron chi connectivity index (χ2n) is 4.83. The van der Waals surface area contributed by atoms with Gasteiger partial charge in [-0.25, -0.2) is 0 Å². The van der Waals surface area contributed by atoms with Crippen LogP contribution < -0.4 is 20.1 Å². The summed E-state index contributed by atoms with van der Waals surface area (Å²) in [4.78, 5) is 11.9. The highest BCUT2D eigenvalue weighted by Crippen LogP contribution is 2.27. The molecule has 0 aliphatic carbocycles. The fourth-order valence-electron chi connectivity index (χ4n) is 2.00. The van der Waals surface area contributed by atoms with Crippen LogP contribution in [0.15, 0.2) is 46.9 Å². The molecular weight excluding hydrogens is 360 g/mol. The van der Waals surface area contributed by atoms with Gasteiger partial charge in [-0.3, -0.25) is 4.79 Å². The Morgan fingerprint density at radius 1 is 1.04 bits per heavy atom. The maximum absolute atomic E-state index is 11.9. The quantitative estimate of drug-likeness (QED) is 0.776. The SMILES string of the molecule is COc1ccc(CNC(=O)CNc2ccc(Br)cc2)cc1OC. The molecule has 0 aliphatic heterocycles. The monoisotopic (exact) mass is 378 g/mol. The molecule has 0 saturated heterocycles. The highest BCUT2D eigenvalue weighted by Gasteiger charge is 2.06. The van der Waals surface area contributed by atoms with Crippen molar-refractivity contribution >= 4 is 27.5 Å². The van der Waals surface area contributed by atoms with Gasteiger partial charge in [0, 0.05) is 16.7 Å². The second kappa shape index (κ2) is 8.43. The maximum Gasteiger partial charge on any atom is 0.239 e. The molecule has 0 unspecified atom stereocenters. The van der Waals surface area contributed by atoms with Gasteiger partial charge in [0.05, 0.1) is 20.8 Å². The highest BCUT2D eigenvalue weighted by atomic mass is 79.9. The van der Waals surface area contributed by atoms with E-state index in [4.69, 9.17) is 9.47 Å². The first kappa shape index (κ1) is 17.1. The van der Waals surface area contributed by atoms with E-state index < -0.39 is 0 Å². The number of nitrogens with one attached hydrogen (secondary N) is 2. The number of carbonyl (C=O) groups excluding carboxylic acids is 1. The van der Waals surface area contributed by atoms with Crippen molar-refractivity contribution in [2.45, 2.75) is 6.54 Å². The fraction of sp³-hybridized carbons (Fsp3) is 0.235. The molecule has 0 heterocycles. The number of amides is 1. The number of methoxy groups -OCH3 is 2. The van der Waals surface area contributed by atoms with E-state index in [0.29, 0.717) is 18.0 Å². The summed E-state index contributed by atoms with van der Waals surface area (Å²) in [6.45, 7) is 0.649. The van der Waals surface area contributed by atoms with Crippen LogP contribution in [0.1, 0.15) is 5.56 Å². The zero-order valence-corrected chi connectivity index (χ0v) is 14.6. The van der Waals surface area contributed by atoms with Crippen molar-refractivity contribution in [2.24, 2.45) is 0 Å². The Kier molecular flexibility index (Phi) is 6.29. The Hall–Kier alpha value is -2.21. The van der Waals surface area contributed by atoms with E-state index in [1.807, 2.05) is 42.5 Å². The van der Waals surface area contributed by atoms with Crippen molar-refractivity contribution in [3.8, 4) is 11.5 Å². The Labute approximate surface area is 144 Å². The van der Waals surface area contributed by atoms with Crippen molar-refractivity contribution < 1.29 is 14.3 Å². The number of rotatable bonds is 7. The number of carbonyl (C=O) groups is 1. The number of halogens is 1. The standard InChI is InChI=1S/C17H19BrN2O3/c1-22-15-8-3-12(9-16(15)23-2)10-20-17(21)11-19-14-6-4-13(18)5-7-14/h3-9,19H,10-11H2,1-2H3,(H,20,21). The first-order valence-electron chi connectivity index (χ1n) is 7.09. The Bertz CT molecular complexity index is 659. The van der Waals surface area contributed by atoms with Gasteiger partial charge in [0.1, 0.15) is 0 Å². The number of ether oxygens (including phenoxy) is 2. The molecule has 0 atom stereocenters. The third-order valence-corrected chi connectivity index (χ3v) is 3.76. The molecule has 0 radical (unpaired) electrons.